The minimum atomic E-state index is 0. The van der Waals surface area contributed by atoms with Crippen molar-refractivity contribution in [1.82, 2.24) is 0 Å². The number of halogens is 2. The molecule has 0 aliphatic heterocycles. The SMILES string of the molecule is C[Si]C.Cl.Cl.[Hf].c1cc2cc3c(cc2[cH-]1)CCC3.c1cc2cc3c(cc2[cH-]1)CCC3. The molecule has 0 spiro atoms. The molecule has 30 heavy (non-hydrogen) atoms. The summed E-state index contributed by atoms with van der Waals surface area (Å²) in [6.45, 7) is 4.31. The van der Waals surface area contributed by atoms with E-state index in [1.54, 1.807) is 22.3 Å². The normalized spacial score (nSPS) is 12.9. The van der Waals surface area contributed by atoms with Crippen molar-refractivity contribution in [3.63, 3.8) is 0 Å². The van der Waals surface area contributed by atoms with Crippen LogP contribution in [0.4, 0.5) is 0 Å². The van der Waals surface area contributed by atoms with Crippen LogP contribution in [0, 0.1) is 0 Å². The van der Waals surface area contributed by atoms with Gasteiger partial charge in [0.25, 0.3) is 0 Å². The van der Waals surface area contributed by atoms with Crippen LogP contribution in [-0.4, -0.2) is 9.52 Å². The molecule has 0 unspecified atom stereocenters. The topological polar surface area (TPSA) is 0 Å². The van der Waals surface area contributed by atoms with Gasteiger partial charge in [-0.25, -0.2) is 0 Å². The zero-order chi connectivity index (χ0) is 18.6. The van der Waals surface area contributed by atoms with Gasteiger partial charge in [0.2, 0.25) is 0 Å². The summed E-state index contributed by atoms with van der Waals surface area (Å²) in [6, 6.07) is 22.5. The standard InChI is InChI=1S/2C12H11.C2H6Si.2ClH.Hf/c2*1-3-9-7-11-5-2-6-12(11)8-10(9)4-1;1-3-2;;;/h2*1,3-4,7-8H,2,5-6H2;1-2H3;2*1H;/q2*-1;;;;. The van der Waals surface area contributed by atoms with Crippen LogP contribution in [0.2, 0.25) is 13.1 Å². The van der Waals surface area contributed by atoms with E-state index in [0.717, 1.165) is 9.52 Å². The molecule has 0 aromatic heterocycles. The van der Waals surface area contributed by atoms with Crippen molar-refractivity contribution in [2.24, 2.45) is 0 Å². The quantitative estimate of drug-likeness (QED) is 0.140. The van der Waals surface area contributed by atoms with Gasteiger partial charge >= 0.3 is 0 Å². The Morgan fingerprint density at radius 1 is 0.633 bits per heavy atom. The monoisotopic (exact) mass is 620 g/mol. The van der Waals surface area contributed by atoms with Gasteiger partial charge in [-0.1, -0.05) is 35.3 Å². The second-order valence-electron chi connectivity index (χ2n) is 7.76. The zero-order valence-corrected chi connectivity index (χ0v) is 24.1. The molecule has 2 radical (unpaired) electrons. The molecule has 0 heterocycles. The fraction of sp³-hybridized carbons (Fsp3) is 0.308. The number of hydrogen-bond acceptors (Lipinski definition) is 0. The van der Waals surface area contributed by atoms with Gasteiger partial charge in [-0.05, 0) is 38.5 Å². The van der Waals surface area contributed by atoms with E-state index in [9.17, 15) is 0 Å². The molecule has 158 valence electrons. The van der Waals surface area contributed by atoms with Crippen molar-refractivity contribution in [3.05, 3.63) is 82.9 Å². The van der Waals surface area contributed by atoms with Crippen molar-refractivity contribution in [3.8, 4) is 0 Å². The van der Waals surface area contributed by atoms with Crippen LogP contribution >= 0.6 is 24.8 Å². The first-order chi connectivity index (χ1) is 13.3. The smallest absolute Gasteiger partial charge is 0.0307 e. The molecule has 4 aromatic carbocycles. The number of aryl methyl sites for hydroxylation is 4. The van der Waals surface area contributed by atoms with Crippen molar-refractivity contribution >= 4 is 55.9 Å². The second kappa shape index (κ2) is 13.0. The molecule has 0 saturated carbocycles. The Kier molecular flexibility index (Phi) is 11.9. The van der Waals surface area contributed by atoms with E-state index in [0.29, 0.717) is 0 Å². The van der Waals surface area contributed by atoms with E-state index in [2.05, 4.69) is 73.8 Å². The summed E-state index contributed by atoms with van der Waals surface area (Å²) in [5.74, 6) is 0. The van der Waals surface area contributed by atoms with E-state index in [1.165, 1.54) is 60.1 Å². The van der Waals surface area contributed by atoms with Crippen LogP contribution in [0.1, 0.15) is 35.1 Å². The third-order valence-corrected chi connectivity index (χ3v) is 5.70. The fourth-order valence-electron chi connectivity index (χ4n) is 4.41. The van der Waals surface area contributed by atoms with Crippen LogP contribution < -0.4 is 0 Å². The largest absolute Gasteiger partial charge is 0.168 e. The average Bonchev–Trinajstić information content (AvgIpc) is 3.44. The Hall–Kier alpha value is -0.673. The number of rotatable bonds is 0. The molecule has 4 aromatic rings. The average molecular weight is 620 g/mol. The van der Waals surface area contributed by atoms with Crippen molar-refractivity contribution in [1.29, 1.82) is 0 Å². The summed E-state index contributed by atoms with van der Waals surface area (Å²) in [7, 11) is 1.08. The maximum absolute atomic E-state index is 2.36. The van der Waals surface area contributed by atoms with Crippen molar-refractivity contribution in [2.75, 3.05) is 0 Å². The predicted octanol–water partition coefficient (Wildman–Crippen LogP) is 7.72. The molecule has 0 saturated heterocycles. The van der Waals surface area contributed by atoms with Gasteiger partial charge < -0.3 is 0 Å². The molecule has 2 aliphatic rings. The molecular formula is C26H30Cl2HfSi-2. The third-order valence-electron chi connectivity index (χ3n) is 5.70. The van der Waals surface area contributed by atoms with Crippen LogP contribution in [0.15, 0.2) is 60.7 Å². The molecule has 0 nitrogen and oxygen atoms in total. The maximum atomic E-state index is 2.36. The van der Waals surface area contributed by atoms with E-state index in [1.807, 2.05) is 0 Å². The van der Waals surface area contributed by atoms with Crippen LogP contribution in [0.3, 0.4) is 0 Å². The minimum absolute atomic E-state index is 0. The van der Waals surface area contributed by atoms with Gasteiger partial charge in [0, 0.05) is 35.4 Å². The maximum Gasteiger partial charge on any atom is 0.0307 e. The minimum Gasteiger partial charge on any atom is -0.168 e. The summed E-state index contributed by atoms with van der Waals surface area (Å²) in [5.41, 5.74) is 6.31. The first-order valence-corrected chi connectivity index (χ1v) is 12.2. The molecule has 0 amide bonds. The number of benzene rings is 2. The zero-order valence-electron chi connectivity index (χ0n) is 17.8. The second-order valence-corrected chi connectivity index (χ2v) is 8.76. The summed E-state index contributed by atoms with van der Waals surface area (Å²) in [6.07, 6.45) is 7.85. The summed E-state index contributed by atoms with van der Waals surface area (Å²) in [4.78, 5) is 0. The van der Waals surface area contributed by atoms with Gasteiger partial charge in [-0.2, -0.15) is 24.3 Å². The molecule has 0 atom stereocenters. The summed E-state index contributed by atoms with van der Waals surface area (Å²) in [5, 5.41) is 5.65. The third kappa shape index (κ3) is 6.19. The molecule has 0 fully saturated rings. The molecule has 2 aliphatic carbocycles. The number of hydrogen-bond donors (Lipinski definition) is 0. The molecule has 4 heteroatoms. The van der Waals surface area contributed by atoms with Gasteiger partial charge in [-0.15, -0.1) is 82.8 Å². The first kappa shape index (κ1) is 27.4. The van der Waals surface area contributed by atoms with Crippen LogP contribution in [0.5, 0.6) is 0 Å². The van der Waals surface area contributed by atoms with Gasteiger partial charge in [0.05, 0.1) is 0 Å². The Balaban J connectivity index is 0.000000244. The summed E-state index contributed by atoms with van der Waals surface area (Å²) < 4.78 is 0. The molecule has 0 N–H and O–H groups in total. The Labute approximate surface area is 215 Å². The van der Waals surface area contributed by atoms with E-state index in [-0.39, 0.29) is 50.7 Å². The van der Waals surface area contributed by atoms with Gasteiger partial charge in [0.15, 0.2) is 0 Å². The molecule has 0 bridgehead atoms. The van der Waals surface area contributed by atoms with Gasteiger partial charge in [-0.3, -0.25) is 0 Å². The Morgan fingerprint density at radius 3 is 1.33 bits per heavy atom. The Bertz CT molecular complexity index is 888. The van der Waals surface area contributed by atoms with E-state index < -0.39 is 0 Å². The van der Waals surface area contributed by atoms with Crippen molar-refractivity contribution in [2.45, 2.75) is 51.6 Å². The number of fused-ring (bicyclic) bond motifs is 4. The molecular weight excluding hydrogens is 590 g/mol. The van der Waals surface area contributed by atoms with Crippen LogP contribution in [0.25, 0.3) is 21.5 Å². The molecule has 6 rings (SSSR count). The van der Waals surface area contributed by atoms with E-state index >= 15 is 0 Å². The van der Waals surface area contributed by atoms with Crippen molar-refractivity contribution < 1.29 is 25.8 Å². The Morgan fingerprint density at radius 2 is 0.967 bits per heavy atom. The van der Waals surface area contributed by atoms with E-state index in [4.69, 9.17) is 0 Å². The van der Waals surface area contributed by atoms with Gasteiger partial charge in [0.1, 0.15) is 0 Å². The predicted molar refractivity (Wildman–Crippen MR) is 135 cm³/mol. The van der Waals surface area contributed by atoms with Crippen LogP contribution in [-0.2, 0) is 51.5 Å². The fourth-order valence-corrected chi connectivity index (χ4v) is 4.41. The summed E-state index contributed by atoms with van der Waals surface area (Å²) >= 11 is 0. The first-order valence-electron chi connectivity index (χ1n) is 10.2.